The van der Waals surface area contributed by atoms with Crippen molar-refractivity contribution < 1.29 is 18.3 Å². The molecule has 0 bridgehead atoms. The summed E-state index contributed by atoms with van der Waals surface area (Å²) in [5, 5.41) is 17.4. The Morgan fingerprint density at radius 2 is 2.30 bits per heavy atom. The van der Waals surface area contributed by atoms with Crippen LogP contribution >= 0.6 is 23.3 Å². The zero-order chi connectivity index (χ0) is 17.0. The number of sulfonamides is 1. The molecule has 0 spiro atoms. The first-order chi connectivity index (χ1) is 10.8. The molecule has 1 aliphatic rings. The fourth-order valence-electron chi connectivity index (χ4n) is 2.31. The number of hydrogen-bond donors (Lipinski definition) is 3. The van der Waals surface area contributed by atoms with Crippen molar-refractivity contribution in [3.05, 3.63) is 11.6 Å². The number of nitrogens with two attached hydrogens (primary N) is 1. The summed E-state index contributed by atoms with van der Waals surface area (Å²) in [6.45, 7) is 4.25. The van der Waals surface area contributed by atoms with Gasteiger partial charge in [-0.15, -0.1) is 11.3 Å². The molecule has 0 saturated heterocycles. The van der Waals surface area contributed by atoms with E-state index in [1.807, 2.05) is 0 Å². The minimum atomic E-state index is -3.71. The van der Waals surface area contributed by atoms with Gasteiger partial charge in [0.05, 0.1) is 4.21 Å². The van der Waals surface area contributed by atoms with E-state index in [9.17, 15) is 13.2 Å². The van der Waals surface area contributed by atoms with Gasteiger partial charge in [-0.25, -0.2) is 17.9 Å². The molecule has 2 heterocycles. The molecule has 0 fully saturated rings. The van der Waals surface area contributed by atoms with Crippen molar-refractivity contribution in [2.24, 2.45) is 5.14 Å². The number of hydrogen-bond acceptors (Lipinski definition) is 7. The Labute approximate surface area is 144 Å². The highest BCUT2D eigenvalue weighted by Gasteiger charge is 2.30. The molecule has 2 rings (SSSR count). The zero-order valence-electron chi connectivity index (χ0n) is 12.8. The monoisotopic (exact) mass is 379 g/mol. The van der Waals surface area contributed by atoms with Gasteiger partial charge >= 0.3 is 5.97 Å². The average molecular weight is 380 g/mol. The van der Waals surface area contributed by atoms with Crippen LogP contribution in [0.4, 0.5) is 0 Å². The van der Waals surface area contributed by atoms with Crippen LogP contribution in [0, 0.1) is 0 Å². The minimum absolute atomic E-state index is 0.0304. The van der Waals surface area contributed by atoms with Crippen LogP contribution in [-0.4, -0.2) is 43.4 Å². The molecule has 0 saturated carbocycles. The third kappa shape index (κ3) is 5.16. The van der Waals surface area contributed by atoms with E-state index in [2.05, 4.69) is 16.5 Å². The topological polar surface area (TPSA) is 113 Å². The number of rotatable bonds is 8. The SMILES string of the molecule is CCCN[C@H]1CN(CCCC(=O)O)Sc2sc(S(N)(=O)=O)cc21. The number of thiophene rings is 1. The quantitative estimate of drug-likeness (QED) is 0.588. The predicted molar refractivity (Wildman–Crippen MR) is 91.0 cm³/mol. The molecule has 1 aromatic heterocycles. The van der Waals surface area contributed by atoms with Crippen LogP contribution in [0.3, 0.4) is 0 Å². The van der Waals surface area contributed by atoms with Crippen LogP contribution in [0.5, 0.6) is 0 Å². The van der Waals surface area contributed by atoms with Gasteiger partial charge in [0.1, 0.15) is 4.21 Å². The highest BCUT2D eigenvalue weighted by atomic mass is 32.3. The standard InChI is InChI=1S/C13H21N3O4S3/c1-2-5-15-10-8-16(6-3-4-11(17)18)22-13-9(10)7-12(21-13)23(14,19)20/h7,10,15H,2-6,8H2,1H3,(H,17,18)(H2,14,19,20)/t10-/m0/s1. The highest BCUT2D eigenvalue weighted by molar-refractivity contribution is 7.99. The molecule has 10 heteroatoms. The first-order valence-electron chi connectivity index (χ1n) is 7.36. The summed E-state index contributed by atoms with van der Waals surface area (Å²) < 4.78 is 26.3. The molecule has 0 unspecified atom stereocenters. The smallest absolute Gasteiger partial charge is 0.303 e. The number of carboxylic acid groups (broad SMARTS) is 1. The molecule has 0 amide bonds. The molecule has 23 heavy (non-hydrogen) atoms. The lowest BCUT2D eigenvalue weighted by atomic mass is 10.1. The lowest BCUT2D eigenvalue weighted by Gasteiger charge is -2.32. The van der Waals surface area contributed by atoms with E-state index in [-0.39, 0.29) is 16.7 Å². The van der Waals surface area contributed by atoms with Gasteiger partial charge in [0.2, 0.25) is 10.0 Å². The summed E-state index contributed by atoms with van der Waals surface area (Å²) in [7, 11) is -3.71. The van der Waals surface area contributed by atoms with Crippen LogP contribution in [0.25, 0.3) is 0 Å². The first-order valence-corrected chi connectivity index (χ1v) is 10.5. The Kier molecular flexibility index (Phi) is 6.46. The van der Waals surface area contributed by atoms with Crippen molar-refractivity contribution in [3.8, 4) is 0 Å². The molecular weight excluding hydrogens is 358 g/mol. The number of nitrogens with one attached hydrogen (secondary N) is 1. The summed E-state index contributed by atoms with van der Waals surface area (Å²) in [6, 6.07) is 1.69. The average Bonchev–Trinajstić information content (AvgIpc) is 2.88. The Hall–Kier alpha value is -0.650. The molecule has 130 valence electrons. The van der Waals surface area contributed by atoms with Gasteiger partial charge in [-0.3, -0.25) is 4.79 Å². The number of nitrogens with zero attached hydrogens (tertiary/aromatic N) is 1. The Bertz CT molecular complexity index is 659. The summed E-state index contributed by atoms with van der Waals surface area (Å²) in [6.07, 6.45) is 1.67. The normalized spacial score (nSPS) is 18.8. The lowest BCUT2D eigenvalue weighted by Crippen LogP contribution is -2.35. The minimum Gasteiger partial charge on any atom is -0.481 e. The van der Waals surface area contributed by atoms with E-state index < -0.39 is 16.0 Å². The van der Waals surface area contributed by atoms with E-state index in [1.165, 1.54) is 23.3 Å². The fraction of sp³-hybridized carbons (Fsp3) is 0.615. The van der Waals surface area contributed by atoms with E-state index in [0.717, 1.165) is 22.7 Å². The molecular formula is C13H21N3O4S3. The summed E-state index contributed by atoms with van der Waals surface area (Å²) in [5.74, 6) is -0.805. The maximum Gasteiger partial charge on any atom is 0.303 e. The van der Waals surface area contributed by atoms with Gasteiger partial charge in [0, 0.05) is 25.6 Å². The van der Waals surface area contributed by atoms with Gasteiger partial charge in [0.25, 0.3) is 0 Å². The number of fused-ring (bicyclic) bond motifs is 1. The van der Waals surface area contributed by atoms with Crippen molar-refractivity contribution in [3.63, 3.8) is 0 Å². The summed E-state index contributed by atoms with van der Waals surface area (Å²) in [4.78, 5) is 10.6. The van der Waals surface area contributed by atoms with Gasteiger partial charge in [-0.1, -0.05) is 6.92 Å². The molecule has 0 radical (unpaired) electrons. The molecule has 0 aliphatic carbocycles. The Morgan fingerprint density at radius 1 is 1.57 bits per heavy atom. The Balaban J connectivity index is 2.16. The van der Waals surface area contributed by atoms with E-state index >= 15 is 0 Å². The second-order valence-corrected chi connectivity index (χ2v) is 9.54. The van der Waals surface area contributed by atoms with Crippen LogP contribution < -0.4 is 10.5 Å². The number of carbonyl (C=O) groups is 1. The number of primary sulfonamides is 1. The maximum atomic E-state index is 11.6. The van der Waals surface area contributed by atoms with E-state index in [4.69, 9.17) is 10.2 Å². The van der Waals surface area contributed by atoms with Gasteiger partial charge in [-0.2, -0.15) is 0 Å². The van der Waals surface area contributed by atoms with Gasteiger partial charge in [0.15, 0.2) is 0 Å². The third-order valence-corrected chi connectivity index (χ3v) is 7.23. The maximum absolute atomic E-state index is 11.6. The van der Waals surface area contributed by atoms with Crippen LogP contribution in [0.2, 0.25) is 0 Å². The van der Waals surface area contributed by atoms with E-state index in [1.54, 1.807) is 6.07 Å². The van der Waals surface area contributed by atoms with Crippen molar-refractivity contribution in [2.45, 2.75) is 40.6 Å². The lowest BCUT2D eigenvalue weighted by molar-refractivity contribution is -0.137. The van der Waals surface area contributed by atoms with Crippen molar-refractivity contribution in [1.29, 1.82) is 0 Å². The molecule has 1 atom stereocenters. The van der Waals surface area contributed by atoms with Crippen LogP contribution in [-0.2, 0) is 14.8 Å². The number of carboxylic acids is 1. The van der Waals surface area contributed by atoms with Gasteiger partial charge in [-0.05, 0) is 43.0 Å². The molecule has 7 nitrogen and oxygen atoms in total. The predicted octanol–water partition coefficient (Wildman–Crippen LogP) is 1.62. The van der Waals surface area contributed by atoms with Crippen LogP contribution in [0.1, 0.15) is 37.8 Å². The fourth-order valence-corrected chi connectivity index (χ4v) is 5.88. The largest absolute Gasteiger partial charge is 0.481 e. The van der Waals surface area contributed by atoms with Crippen molar-refractivity contribution in [1.82, 2.24) is 9.62 Å². The summed E-state index contributed by atoms with van der Waals surface area (Å²) >= 11 is 2.66. The molecule has 0 aromatic carbocycles. The highest BCUT2D eigenvalue weighted by Crippen LogP contribution is 2.43. The molecule has 1 aliphatic heterocycles. The number of aliphatic carboxylic acids is 1. The summed E-state index contributed by atoms with van der Waals surface area (Å²) in [5.41, 5.74) is 0.965. The zero-order valence-corrected chi connectivity index (χ0v) is 15.3. The van der Waals surface area contributed by atoms with Crippen LogP contribution in [0.15, 0.2) is 14.5 Å². The Morgan fingerprint density at radius 3 is 2.91 bits per heavy atom. The van der Waals surface area contributed by atoms with Gasteiger partial charge < -0.3 is 10.4 Å². The molecule has 1 aromatic rings. The third-order valence-electron chi connectivity index (χ3n) is 3.40. The first kappa shape index (κ1) is 18.7. The second kappa shape index (κ2) is 7.95. The van der Waals surface area contributed by atoms with Crippen molar-refractivity contribution >= 4 is 39.3 Å². The molecule has 4 N–H and O–H groups in total. The second-order valence-electron chi connectivity index (χ2n) is 5.34. The van der Waals surface area contributed by atoms with E-state index in [0.29, 0.717) is 19.5 Å². The van der Waals surface area contributed by atoms with Crippen molar-refractivity contribution in [2.75, 3.05) is 19.6 Å².